The summed E-state index contributed by atoms with van der Waals surface area (Å²) in [4.78, 5) is 30.3. The van der Waals surface area contributed by atoms with Crippen LogP contribution in [0.5, 0.6) is 0 Å². The standard InChI is InChI=1S/C21H23N5O/c1-11-6-14-13(3)23-20(24-16(14)7-12(11)2)26-19-22-10-15-17(25-19)8-21(4,5)9-18(15)27/h6-7,10H,8-9H2,1-5H3,(H,22,23,24,25,26). The van der Waals surface area contributed by atoms with Crippen molar-refractivity contribution < 1.29 is 4.79 Å². The molecule has 0 amide bonds. The third kappa shape index (κ3) is 3.27. The van der Waals surface area contributed by atoms with Gasteiger partial charge in [-0.15, -0.1) is 0 Å². The monoisotopic (exact) mass is 361 g/mol. The minimum absolute atomic E-state index is 0.0822. The third-order valence-corrected chi connectivity index (χ3v) is 5.18. The molecule has 1 aliphatic rings. The van der Waals surface area contributed by atoms with Crippen LogP contribution in [0.3, 0.4) is 0 Å². The number of aromatic nitrogens is 4. The van der Waals surface area contributed by atoms with E-state index in [1.807, 2.05) is 6.92 Å². The highest BCUT2D eigenvalue weighted by Crippen LogP contribution is 2.34. The van der Waals surface area contributed by atoms with Gasteiger partial charge in [0.25, 0.3) is 0 Å². The molecule has 1 aliphatic carbocycles. The van der Waals surface area contributed by atoms with Crippen molar-refractivity contribution in [2.45, 2.75) is 47.5 Å². The second-order valence-corrected chi connectivity index (χ2v) is 8.21. The molecule has 2 heterocycles. The van der Waals surface area contributed by atoms with E-state index < -0.39 is 0 Å². The van der Waals surface area contributed by atoms with Crippen LogP contribution >= 0.6 is 0 Å². The number of anilines is 2. The Hall–Kier alpha value is -2.89. The Balaban J connectivity index is 1.71. The molecule has 0 saturated carbocycles. The van der Waals surface area contributed by atoms with Crippen LogP contribution in [-0.2, 0) is 6.42 Å². The number of hydrogen-bond donors (Lipinski definition) is 1. The van der Waals surface area contributed by atoms with Gasteiger partial charge < -0.3 is 0 Å². The van der Waals surface area contributed by atoms with Gasteiger partial charge in [-0.3, -0.25) is 10.1 Å². The quantitative estimate of drug-likeness (QED) is 0.735. The molecule has 4 rings (SSSR count). The summed E-state index contributed by atoms with van der Waals surface area (Å²) in [5, 5.41) is 4.15. The fraction of sp³-hybridized carbons (Fsp3) is 0.381. The highest BCUT2D eigenvalue weighted by atomic mass is 16.1. The van der Waals surface area contributed by atoms with Crippen molar-refractivity contribution in [1.29, 1.82) is 0 Å². The van der Waals surface area contributed by atoms with E-state index in [1.165, 1.54) is 11.1 Å². The molecular formula is C21H23N5O. The zero-order chi connectivity index (χ0) is 19.3. The van der Waals surface area contributed by atoms with Gasteiger partial charge in [0.15, 0.2) is 5.78 Å². The SMILES string of the molecule is Cc1cc2nc(Nc3ncc4c(n3)CC(C)(C)CC4=O)nc(C)c2cc1C. The van der Waals surface area contributed by atoms with Crippen LogP contribution in [0, 0.1) is 26.2 Å². The maximum Gasteiger partial charge on any atom is 0.230 e. The molecule has 1 aromatic carbocycles. The predicted octanol–water partition coefficient (Wildman–Crippen LogP) is 4.24. The lowest BCUT2D eigenvalue weighted by Gasteiger charge is -2.29. The van der Waals surface area contributed by atoms with Crippen LogP contribution in [0.1, 0.15) is 53.1 Å². The van der Waals surface area contributed by atoms with Gasteiger partial charge in [-0.2, -0.15) is 0 Å². The van der Waals surface area contributed by atoms with Crippen LogP contribution < -0.4 is 5.32 Å². The van der Waals surface area contributed by atoms with Crippen LogP contribution in [0.4, 0.5) is 11.9 Å². The summed E-state index contributed by atoms with van der Waals surface area (Å²) in [6, 6.07) is 4.19. The van der Waals surface area contributed by atoms with E-state index in [-0.39, 0.29) is 11.2 Å². The molecule has 0 aliphatic heterocycles. The third-order valence-electron chi connectivity index (χ3n) is 5.18. The minimum atomic E-state index is -0.0822. The summed E-state index contributed by atoms with van der Waals surface area (Å²) in [6.45, 7) is 10.3. The molecule has 6 heteroatoms. The molecule has 0 unspecified atom stereocenters. The lowest BCUT2D eigenvalue weighted by Crippen LogP contribution is -2.28. The van der Waals surface area contributed by atoms with Gasteiger partial charge in [0.05, 0.1) is 22.5 Å². The number of nitrogens with one attached hydrogen (secondary N) is 1. The van der Waals surface area contributed by atoms with Gasteiger partial charge >= 0.3 is 0 Å². The van der Waals surface area contributed by atoms with Gasteiger partial charge in [-0.25, -0.2) is 19.9 Å². The second-order valence-electron chi connectivity index (χ2n) is 8.21. The van der Waals surface area contributed by atoms with Crippen molar-refractivity contribution in [2.75, 3.05) is 5.32 Å². The van der Waals surface area contributed by atoms with Crippen LogP contribution in [0.25, 0.3) is 10.9 Å². The summed E-state index contributed by atoms with van der Waals surface area (Å²) < 4.78 is 0. The first-order valence-corrected chi connectivity index (χ1v) is 9.14. The van der Waals surface area contributed by atoms with Crippen LogP contribution in [0.15, 0.2) is 18.3 Å². The van der Waals surface area contributed by atoms with Gasteiger partial charge in [0.2, 0.25) is 11.9 Å². The first-order valence-electron chi connectivity index (χ1n) is 9.14. The van der Waals surface area contributed by atoms with Crippen molar-refractivity contribution in [2.24, 2.45) is 5.41 Å². The Labute approximate surface area is 158 Å². The number of rotatable bonds is 2. The fourth-order valence-electron chi connectivity index (χ4n) is 3.59. The van der Waals surface area contributed by atoms with Gasteiger partial charge in [-0.1, -0.05) is 13.8 Å². The molecule has 138 valence electrons. The molecule has 27 heavy (non-hydrogen) atoms. The Morgan fingerprint density at radius 2 is 1.70 bits per heavy atom. The minimum Gasteiger partial charge on any atom is -0.294 e. The molecule has 0 atom stereocenters. The second kappa shape index (κ2) is 6.08. The molecular weight excluding hydrogens is 338 g/mol. The number of carbonyl (C=O) groups excluding carboxylic acids is 1. The smallest absolute Gasteiger partial charge is 0.230 e. The Bertz CT molecular complexity index is 1090. The fourth-order valence-corrected chi connectivity index (χ4v) is 3.59. The highest BCUT2D eigenvalue weighted by Gasteiger charge is 2.32. The van der Waals surface area contributed by atoms with Crippen molar-refractivity contribution >= 4 is 28.6 Å². The Kier molecular flexibility index (Phi) is 3.94. The lowest BCUT2D eigenvalue weighted by molar-refractivity contribution is 0.0910. The number of benzene rings is 1. The van der Waals surface area contributed by atoms with Gasteiger partial charge in [0, 0.05) is 18.0 Å². The highest BCUT2D eigenvalue weighted by molar-refractivity contribution is 5.98. The van der Waals surface area contributed by atoms with E-state index in [0.29, 0.717) is 23.9 Å². The summed E-state index contributed by atoms with van der Waals surface area (Å²) >= 11 is 0. The average molecular weight is 361 g/mol. The Morgan fingerprint density at radius 1 is 0.963 bits per heavy atom. The average Bonchev–Trinajstić information content (AvgIpc) is 2.55. The number of Topliss-reactive ketones (excluding diaryl/α,β-unsaturated/α-hetero) is 1. The number of carbonyl (C=O) groups is 1. The first-order chi connectivity index (χ1) is 12.7. The number of aryl methyl sites for hydroxylation is 3. The molecule has 0 radical (unpaired) electrons. The van der Waals surface area contributed by atoms with Crippen molar-refractivity contribution in [3.63, 3.8) is 0 Å². The molecule has 6 nitrogen and oxygen atoms in total. The van der Waals surface area contributed by atoms with Crippen molar-refractivity contribution in [1.82, 2.24) is 19.9 Å². The summed E-state index contributed by atoms with van der Waals surface area (Å²) in [6.07, 6.45) is 2.90. The maximum atomic E-state index is 12.3. The van der Waals surface area contributed by atoms with E-state index in [9.17, 15) is 4.79 Å². The molecule has 2 aromatic heterocycles. The van der Waals surface area contributed by atoms with Crippen molar-refractivity contribution in [3.05, 3.63) is 46.4 Å². The van der Waals surface area contributed by atoms with Gasteiger partial charge in [0.1, 0.15) is 0 Å². The summed E-state index contributed by atoms with van der Waals surface area (Å²) in [5.41, 5.74) is 5.54. The van der Waals surface area contributed by atoms with Crippen LogP contribution in [-0.4, -0.2) is 25.7 Å². The van der Waals surface area contributed by atoms with E-state index in [4.69, 9.17) is 0 Å². The normalized spacial score (nSPS) is 15.7. The number of hydrogen-bond acceptors (Lipinski definition) is 6. The number of ketones is 1. The molecule has 3 aromatic rings. The predicted molar refractivity (Wildman–Crippen MR) is 105 cm³/mol. The summed E-state index contributed by atoms with van der Waals surface area (Å²) in [7, 11) is 0. The number of fused-ring (bicyclic) bond motifs is 2. The zero-order valence-electron chi connectivity index (χ0n) is 16.3. The molecule has 0 spiro atoms. The maximum absolute atomic E-state index is 12.3. The zero-order valence-corrected chi connectivity index (χ0v) is 16.3. The van der Waals surface area contributed by atoms with Gasteiger partial charge in [-0.05, 0) is 55.9 Å². The summed E-state index contributed by atoms with van der Waals surface area (Å²) in [5.74, 6) is 0.989. The molecule has 1 N–H and O–H groups in total. The van der Waals surface area contributed by atoms with E-state index >= 15 is 0 Å². The van der Waals surface area contributed by atoms with E-state index in [0.717, 1.165) is 28.7 Å². The Morgan fingerprint density at radius 3 is 2.48 bits per heavy atom. The lowest BCUT2D eigenvalue weighted by atomic mass is 9.76. The van der Waals surface area contributed by atoms with Crippen molar-refractivity contribution in [3.8, 4) is 0 Å². The van der Waals surface area contributed by atoms with Crippen LogP contribution in [0.2, 0.25) is 0 Å². The largest absolute Gasteiger partial charge is 0.294 e. The molecule has 0 fully saturated rings. The topological polar surface area (TPSA) is 80.7 Å². The molecule has 0 saturated heterocycles. The first kappa shape index (κ1) is 17.5. The molecule has 0 bridgehead atoms. The van der Waals surface area contributed by atoms with E-state index in [2.05, 4.69) is 65.1 Å². The van der Waals surface area contributed by atoms with E-state index in [1.54, 1.807) is 6.20 Å². The number of nitrogens with zero attached hydrogens (tertiary/aromatic N) is 4.